The molecule has 2 rings (SSSR count). The van der Waals surface area contributed by atoms with Crippen LogP contribution in [0.5, 0.6) is 0 Å². The second kappa shape index (κ2) is 7.83. The molecule has 0 heterocycles. The first-order chi connectivity index (χ1) is 9.67. The second-order valence-electron chi connectivity index (χ2n) is 4.63. The number of hydrogen-bond donors (Lipinski definition) is 1. The maximum absolute atomic E-state index is 5.90. The number of hydrogen-bond acceptors (Lipinski definition) is 1. The minimum atomic E-state index is 0.356. The van der Waals surface area contributed by atoms with Crippen molar-refractivity contribution in [2.45, 2.75) is 13.8 Å². The minimum absolute atomic E-state index is 0.356. The number of aryl methyl sites for hydroxylation is 2. The average Bonchev–Trinajstić information content (AvgIpc) is 2.47. The van der Waals surface area contributed by atoms with Gasteiger partial charge in [0.15, 0.2) is 0 Å². The molecule has 0 unspecified atom stereocenters. The Kier molecular flexibility index (Phi) is 6.09. The molecule has 0 bridgehead atoms. The first-order valence-corrected chi connectivity index (χ1v) is 10.1. The fourth-order valence-corrected chi connectivity index (χ4v) is 5.53. The predicted molar refractivity (Wildman–Crippen MR) is 90.3 cm³/mol. The van der Waals surface area contributed by atoms with E-state index in [0.29, 0.717) is 36.5 Å². The Labute approximate surface area is 134 Å². The third-order valence-corrected chi connectivity index (χ3v) is 7.77. The Balaban J connectivity index is 2.02. The van der Waals surface area contributed by atoms with Crippen LogP contribution in [0.25, 0.3) is 0 Å². The second-order valence-corrected chi connectivity index (χ2v) is 9.13. The molecule has 0 aromatic heterocycles. The molecule has 2 N–H and O–H groups in total. The molecule has 0 saturated heterocycles. The fourth-order valence-electron chi connectivity index (χ4n) is 1.62. The summed E-state index contributed by atoms with van der Waals surface area (Å²) in [4.78, 5) is 2.36. The summed E-state index contributed by atoms with van der Waals surface area (Å²) in [5, 5.41) is 0. The quantitative estimate of drug-likeness (QED) is 0.763. The molecule has 0 atom stereocenters. The van der Waals surface area contributed by atoms with Gasteiger partial charge in [-0.25, -0.2) is 0 Å². The van der Waals surface area contributed by atoms with Crippen molar-refractivity contribution in [1.82, 2.24) is 0 Å². The molecule has 0 radical (unpaired) electrons. The van der Waals surface area contributed by atoms with Crippen LogP contribution >= 0.6 is 0 Å². The molecule has 0 saturated carbocycles. The molecule has 0 aliphatic heterocycles. The van der Waals surface area contributed by atoms with Gasteiger partial charge in [-0.1, -0.05) is 0 Å². The van der Waals surface area contributed by atoms with E-state index in [2.05, 4.69) is 67.4 Å². The van der Waals surface area contributed by atoms with Crippen molar-refractivity contribution in [1.29, 1.82) is 0 Å². The number of rotatable bonds is 5. The van der Waals surface area contributed by atoms with E-state index in [9.17, 15) is 0 Å². The third-order valence-electron chi connectivity index (χ3n) is 2.82. The summed E-state index contributed by atoms with van der Waals surface area (Å²) >= 11 is 0.740. The van der Waals surface area contributed by atoms with Gasteiger partial charge in [0.25, 0.3) is 0 Å². The van der Waals surface area contributed by atoms with Crippen LogP contribution in [0.4, 0.5) is 0 Å². The standard InChI is InChI=1S/C17H19NSe2/c1-13-3-7-15(8-4-13)19-12-17(11-18)20-16-9-5-14(2)6-10-16/h3-10,12H,11,18H2,1-2H3/b17-12-. The van der Waals surface area contributed by atoms with Gasteiger partial charge in [-0.05, 0) is 0 Å². The van der Waals surface area contributed by atoms with E-state index < -0.39 is 0 Å². The van der Waals surface area contributed by atoms with Gasteiger partial charge in [-0.15, -0.1) is 0 Å². The zero-order chi connectivity index (χ0) is 14.4. The maximum atomic E-state index is 5.90. The van der Waals surface area contributed by atoms with Crippen LogP contribution in [0.15, 0.2) is 58.0 Å². The molecule has 2 aromatic carbocycles. The van der Waals surface area contributed by atoms with E-state index >= 15 is 0 Å². The monoisotopic (exact) mass is 397 g/mol. The van der Waals surface area contributed by atoms with Crippen LogP contribution in [0.3, 0.4) is 0 Å². The molecule has 0 spiro atoms. The van der Waals surface area contributed by atoms with Gasteiger partial charge in [-0.2, -0.15) is 0 Å². The summed E-state index contributed by atoms with van der Waals surface area (Å²) in [6.07, 6.45) is 0. The van der Waals surface area contributed by atoms with Crippen LogP contribution in [0.2, 0.25) is 0 Å². The summed E-state index contributed by atoms with van der Waals surface area (Å²) in [7, 11) is 0. The molecule has 3 heteroatoms. The molecule has 0 amide bonds. The molecular weight excluding hydrogens is 376 g/mol. The SMILES string of the molecule is Cc1ccc([Se]/C=C(/CN)[Se]c2ccc(C)cc2)cc1. The molecule has 20 heavy (non-hydrogen) atoms. The third kappa shape index (κ3) is 4.94. The Morgan fingerprint density at radius 1 is 0.900 bits per heavy atom. The molecular formula is C17H19NSe2. The molecule has 0 fully saturated rings. The zero-order valence-corrected chi connectivity index (χ0v) is 15.2. The van der Waals surface area contributed by atoms with Gasteiger partial charge < -0.3 is 0 Å². The van der Waals surface area contributed by atoms with Gasteiger partial charge in [0.1, 0.15) is 0 Å². The van der Waals surface area contributed by atoms with Crippen molar-refractivity contribution in [3.63, 3.8) is 0 Å². The fraction of sp³-hybridized carbons (Fsp3) is 0.176. The topological polar surface area (TPSA) is 26.0 Å². The van der Waals surface area contributed by atoms with Gasteiger partial charge in [0.05, 0.1) is 0 Å². The predicted octanol–water partition coefficient (Wildman–Crippen LogP) is 1.46. The van der Waals surface area contributed by atoms with E-state index in [1.807, 2.05) is 0 Å². The number of nitrogens with two attached hydrogens (primary N) is 1. The van der Waals surface area contributed by atoms with Crippen molar-refractivity contribution in [2.24, 2.45) is 5.73 Å². The van der Waals surface area contributed by atoms with E-state index in [4.69, 9.17) is 5.73 Å². The average molecular weight is 395 g/mol. The molecule has 0 aliphatic carbocycles. The summed E-state index contributed by atoms with van der Waals surface area (Å²) in [5.41, 5.74) is 8.52. The Morgan fingerprint density at radius 3 is 1.90 bits per heavy atom. The molecule has 104 valence electrons. The van der Waals surface area contributed by atoms with Crippen molar-refractivity contribution >= 4 is 38.8 Å². The van der Waals surface area contributed by atoms with Crippen LogP contribution < -0.4 is 14.7 Å². The molecule has 0 aliphatic rings. The Bertz CT molecular complexity index is 571. The molecule has 1 nitrogen and oxygen atoms in total. The first-order valence-electron chi connectivity index (χ1n) is 6.54. The first kappa shape index (κ1) is 15.6. The summed E-state index contributed by atoms with van der Waals surface area (Å²) in [6, 6.07) is 17.6. The van der Waals surface area contributed by atoms with Gasteiger partial charge in [0.2, 0.25) is 0 Å². The number of benzene rings is 2. The summed E-state index contributed by atoms with van der Waals surface area (Å²) in [6.45, 7) is 4.91. The van der Waals surface area contributed by atoms with Crippen LogP contribution in [0, 0.1) is 13.8 Å². The summed E-state index contributed by atoms with van der Waals surface area (Å²) in [5.74, 6) is 0. The van der Waals surface area contributed by atoms with E-state index in [0.717, 1.165) is 0 Å². The Hall–Kier alpha value is -0.821. The van der Waals surface area contributed by atoms with Crippen LogP contribution in [-0.2, 0) is 0 Å². The van der Waals surface area contributed by atoms with E-state index in [-0.39, 0.29) is 0 Å². The van der Waals surface area contributed by atoms with Crippen molar-refractivity contribution in [3.05, 3.63) is 69.1 Å². The normalized spacial score (nSPS) is 11.7. The van der Waals surface area contributed by atoms with Crippen molar-refractivity contribution in [3.8, 4) is 0 Å². The van der Waals surface area contributed by atoms with E-state index in [1.54, 1.807) is 0 Å². The van der Waals surface area contributed by atoms with E-state index in [1.165, 1.54) is 24.5 Å². The van der Waals surface area contributed by atoms with Gasteiger partial charge >= 0.3 is 134 Å². The Morgan fingerprint density at radius 2 is 1.40 bits per heavy atom. The van der Waals surface area contributed by atoms with Crippen molar-refractivity contribution < 1.29 is 0 Å². The van der Waals surface area contributed by atoms with Crippen LogP contribution in [0.1, 0.15) is 11.1 Å². The van der Waals surface area contributed by atoms with Crippen molar-refractivity contribution in [2.75, 3.05) is 6.54 Å². The van der Waals surface area contributed by atoms with Crippen LogP contribution in [-0.4, -0.2) is 36.5 Å². The van der Waals surface area contributed by atoms with Gasteiger partial charge in [0, 0.05) is 0 Å². The molecule has 2 aromatic rings. The zero-order valence-electron chi connectivity index (χ0n) is 11.8. The van der Waals surface area contributed by atoms with Gasteiger partial charge in [-0.3, -0.25) is 0 Å². The summed E-state index contributed by atoms with van der Waals surface area (Å²) < 4.78 is 4.20.